The van der Waals surface area contributed by atoms with Gasteiger partial charge in [0.15, 0.2) is 0 Å². The molecule has 6 heteroatoms. The van der Waals surface area contributed by atoms with Crippen LogP contribution in [0.5, 0.6) is 0 Å². The van der Waals surface area contributed by atoms with Gasteiger partial charge < -0.3 is 5.32 Å². The first kappa shape index (κ1) is 17.4. The first-order valence-corrected chi connectivity index (χ1v) is 10.4. The van der Waals surface area contributed by atoms with Crippen molar-refractivity contribution in [2.24, 2.45) is 5.92 Å². The summed E-state index contributed by atoms with van der Waals surface area (Å²) in [6.07, 6.45) is 9.56. The molecule has 0 bridgehead atoms. The van der Waals surface area contributed by atoms with Gasteiger partial charge in [-0.3, -0.25) is 4.79 Å². The van der Waals surface area contributed by atoms with Gasteiger partial charge in [0.1, 0.15) is 0 Å². The molecular formula is C18H26N2O3S. The molecule has 0 atom stereocenters. The molecule has 2 aliphatic carbocycles. The van der Waals surface area contributed by atoms with Crippen LogP contribution >= 0.6 is 0 Å². The molecule has 2 N–H and O–H groups in total. The second-order valence-electron chi connectivity index (χ2n) is 7.01. The van der Waals surface area contributed by atoms with Crippen LogP contribution in [0.1, 0.15) is 57.8 Å². The third-order valence-corrected chi connectivity index (χ3v) is 6.35. The van der Waals surface area contributed by atoms with Crippen LogP contribution in [-0.2, 0) is 14.8 Å². The Hall–Kier alpha value is -1.40. The summed E-state index contributed by atoms with van der Waals surface area (Å²) in [5.74, 6) is 0.629. The number of hydrogen-bond donors (Lipinski definition) is 2. The van der Waals surface area contributed by atoms with E-state index in [1.54, 1.807) is 18.2 Å². The number of carbonyl (C=O) groups is 1. The van der Waals surface area contributed by atoms with Gasteiger partial charge in [0.25, 0.3) is 0 Å². The van der Waals surface area contributed by atoms with Gasteiger partial charge in [-0.2, -0.15) is 0 Å². The first-order chi connectivity index (χ1) is 11.5. The maximum Gasteiger partial charge on any atom is 0.240 e. The molecule has 24 heavy (non-hydrogen) atoms. The van der Waals surface area contributed by atoms with E-state index < -0.39 is 10.0 Å². The van der Waals surface area contributed by atoms with Crippen molar-refractivity contribution in [2.75, 3.05) is 5.32 Å². The number of rotatable bonds is 7. The van der Waals surface area contributed by atoms with Crippen LogP contribution in [0, 0.1) is 5.92 Å². The van der Waals surface area contributed by atoms with E-state index in [9.17, 15) is 13.2 Å². The van der Waals surface area contributed by atoms with Gasteiger partial charge in [0.2, 0.25) is 15.9 Å². The maximum absolute atomic E-state index is 12.2. The highest BCUT2D eigenvalue weighted by molar-refractivity contribution is 7.89. The van der Waals surface area contributed by atoms with Crippen LogP contribution in [0.4, 0.5) is 5.69 Å². The fourth-order valence-electron chi connectivity index (χ4n) is 3.26. The highest BCUT2D eigenvalue weighted by atomic mass is 32.2. The highest BCUT2D eigenvalue weighted by Gasteiger charge is 2.28. The zero-order valence-electron chi connectivity index (χ0n) is 14.0. The average molecular weight is 350 g/mol. The third kappa shape index (κ3) is 5.05. The lowest BCUT2D eigenvalue weighted by Gasteiger charge is -2.21. The van der Waals surface area contributed by atoms with E-state index in [1.807, 2.05) is 0 Å². The third-order valence-electron chi connectivity index (χ3n) is 4.83. The van der Waals surface area contributed by atoms with Crippen LogP contribution < -0.4 is 10.0 Å². The van der Waals surface area contributed by atoms with E-state index in [-0.39, 0.29) is 16.8 Å². The zero-order valence-corrected chi connectivity index (χ0v) is 14.8. The number of nitrogens with one attached hydrogen (secondary N) is 2. The van der Waals surface area contributed by atoms with E-state index >= 15 is 0 Å². The van der Waals surface area contributed by atoms with Crippen molar-refractivity contribution in [3.8, 4) is 0 Å². The van der Waals surface area contributed by atoms with Crippen LogP contribution in [0.3, 0.4) is 0 Å². The SMILES string of the molecule is O=C(CCC1CCCCC1)Nc1cccc(S(=O)(=O)NC2CC2)c1. The lowest BCUT2D eigenvalue weighted by Crippen LogP contribution is -2.25. The minimum atomic E-state index is -3.49. The molecule has 0 aliphatic heterocycles. The molecule has 2 fully saturated rings. The Bertz CT molecular complexity index is 677. The normalized spacial score (nSPS) is 19.2. The molecule has 1 amide bonds. The second-order valence-corrected chi connectivity index (χ2v) is 8.73. The van der Waals surface area contributed by atoms with Crippen LogP contribution in [0.2, 0.25) is 0 Å². The molecule has 3 rings (SSSR count). The maximum atomic E-state index is 12.2. The quantitative estimate of drug-likeness (QED) is 0.791. The molecule has 0 saturated heterocycles. The summed E-state index contributed by atoms with van der Waals surface area (Å²) < 4.78 is 27.1. The van der Waals surface area contributed by atoms with Crippen LogP contribution in [-0.4, -0.2) is 20.4 Å². The van der Waals surface area contributed by atoms with E-state index in [0.717, 1.165) is 19.3 Å². The van der Waals surface area contributed by atoms with Crippen LogP contribution in [0.25, 0.3) is 0 Å². The van der Waals surface area contributed by atoms with Crippen molar-refractivity contribution in [1.82, 2.24) is 4.72 Å². The minimum absolute atomic E-state index is 0.0368. The molecular weight excluding hydrogens is 324 g/mol. The van der Waals surface area contributed by atoms with Crippen molar-refractivity contribution >= 4 is 21.6 Å². The molecule has 0 radical (unpaired) electrons. The highest BCUT2D eigenvalue weighted by Crippen LogP contribution is 2.27. The van der Waals surface area contributed by atoms with E-state index in [0.29, 0.717) is 18.0 Å². The topological polar surface area (TPSA) is 75.3 Å². The first-order valence-electron chi connectivity index (χ1n) is 8.95. The Morgan fingerprint density at radius 2 is 1.83 bits per heavy atom. The molecule has 0 aromatic heterocycles. The van der Waals surface area contributed by atoms with Crippen molar-refractivity contribution in [2.45, 2.75) is 68.7 Å². The lowest BCUT2D eigenvalue weighted by atomic mass is 9.86. The summed E-state index contributed by atoms with van der Waals surface area (Å²) in [5, 5.41) is 2.83. The second kappa shape index (κ2) is 7.66. The van der Waals surface area contributed by atoms with E-state index in [2.05, 4.69) is 10.0 Å². The zero-order chi connectivity index (χ0) is 17.0. The number of carbonyl (C=O) groups excluding carboxylic acids is 1. The Morgan fingerprint density at radius 1 is 1.08 bits per heavy atom. The molecule has 132 valence electrons. The van der Waals surface area contributed by atoms with Crippen molar-refractivity contribution in [1.29, 1.82) is 0 Å². The number of anilines is 1. The fourth-order valence-corrected chi connectivity index (χ4v) is 4.61. The molecule has 1 aromatic rings. The molecule has 1 aromatic carbocycles. The molecule has 5 nitrogen and oxygen atoms in total. The summed E-state index contributed by atoms with van der Waals surface area (Å²) in [6.45, 7) is 0. The van der Waals surface area contributed by atoms with Crippen molar-refractivity contribution in [3.05, 3.63) is 24.3 Å². The number of sulfonamides is 1. The van der Waals surface area contributed by atoms with Gasteiger partial charge in [0.05, 0.1) is 4.90 Å². The van der Waals surface area contributed by atoms with Gasteiger partial charge >= 0.3 is 0 Å². The number of benzene rings is 1. The fraction of sp³-hybridized carbons (Fsp3) is 0.611. The molecule has 2 saturated carbocycles. The summed E-state index contributed by atoms with van der Waals surface area (Å²) in [7, 11) is -3.49. The average Bonchev–Trinajstić information content (AvgIpc) is 3.37. The van der Waals surface area contributed by atoms with Crippen LogP contribution in [0.15, 0.2) is 29.2 Å². The Kier molecular flexibility index (Phi) is 5.56. The lowest BCUT2D eigenvalue weighted by molar-refractivity contribution is -0.116. The predicted octanol–water partition coefficient (Wildman–Crippen LogP) is 3.43. The summed E-state index contributed by atoms with van der Waals surface area (Å²) in [4.78, 5) is 12.3. The molecule has 0 unspecified atom stereocenters. The van der Waals surface area contributed by atoms with Gasteiger partial charge in [0, 0.05) is 18.2 Å². The summed E-state index contributed by atoms with van der Waals surface area (Å²) >= 11 is 0. The standard InChI is InChI=1S/C18H26N2O3S/c21-18(12-9-14-5-2-1-3-6-14)19-16-7-4-8-17(13-16)24(22,23)20-15-10-11-15/h4,7-8,13-15,20H,1-3,5-6,9-12H2,(H,19,21). The van der Waals surface area contributed by atoms with Gasteiger partial charge in [-0.25, -0.2) is 13.1 Å². The minimum Gasteiger partial charge on any atom is -0.326 e. The number of amides is 1. The Labute approximate surface area is 144 Å². The monoisotopic (exact) mass is 350 g/mol. The largest absolute Gasteiger partial charge is 0.326 e. The van der Waals surface area contributed by atoms with Crippen molar-refractivity contribution in [3.63, 3.8) is 0 Å². The van der Waals surface area contributed by atoms with Gasteiger partial charge in [-0.15, -0.1) is 0 Å². The molecule has 0 heterocycles. The molecule has 0 spiro atoms. The Morgan fingerprint density at radius 3 is 2.54 bits per heavy atom. The van der Waals surface area contributed by atoms with Gasteiger partial charge in [-0.1, -0.05) is 38.2 Å². The smallest absolute Gasteiger partial charge is 0.240 e. The Balaban J connectivity index is 1.54. The number of hydrogen-bond acceptors (Lipinski definition) is 3. The summed E-state index contributed by atoms with van der Waals surface area (Å²) in [6, 6.07) is 6.56. The van der Waals surface area contributed by atoms with Gasteiger partial charge in [-0.05, 0) is 43.4 Å². The molecule has 2 aliphatic rings. The van der Waals surface area contributed by atoms with E-state index in [1.165, 1.54) is 38.2 Å². The predicted molar refractivity (Wildman–Crippen MR) is 94.2 cm³/mol. The van der Waals surface area contributed by atoms with E-state index in [4.69, 9.17) is 0 Å². The van der Waals surface area contributed by atoms with Crippen molar-refractivity contribution < 1.29 is 13.2 Å². The summed E-state index contributed by atoms with van der Waals surface area (Å²) in [5.41, 5.74) is 0.544.